The van der Waals surface area contributed by atoms with Crippen LogP contribution in [0.15, 0.2) is 36.4 Å². The number of anilines is 2. The number of ether oxygens (including phenoxy) is 2. The Balaban J connectivity index is 1.31. The lowest BCUT2D eigenvalue weighted by molar-refractivity contribution is -0.225. The molecular formula is C32H42N2O10. The molecule has 0 aromatic heterocycles. The summed E-state index contributed by atoms with van der Waals surface area (Å²) in [6, 6.07) is 10.2. The molecule has 12 nitrogen and oxygen atoms in total. The van der Waals surface area contributed by atoms with Crippen molar-refractivity contribution in [2.75, 3.05) is 22.9 Å². The molecule has 12 heteroatoms. The van der Waals surface area contributed by atoms with E-state index in [0.717, 1.165) is 0 Å². The summed E-state index contributed by atoms with van der Waals surface area (Å²) in [5.74, 6) is -0.600. The minimum absolute atomic E-state index is 0.198. The van der Waals surface area contributed by atoms with Crippen LogP contribution in [0.25, 0.3) is 0 Å². The fourth-order valence-electron chi connectivity index (χ4n) is 6.47. The highest BCUT2D eigenvalue weighted by molar-refractivity contribution is 6.12. The number of piperazine rings is 1. The molecule has 6 N–H and O–H groups in total. The van der Waals surface area contributed by atoms with E-state index in [1.54, 1.807) is 50.2 Å². The van der Waals surface area contributed by atoms with Crippen LogP contribution in [-0.4, -0.2) is 104 Å². The topological polar surface area (TPSA) is 180 Å². The maximum atomic E-state index is 13.3. The van der Waals surface area contributed by atoms with Gasteiger partial charge in [0.05, 0.1) is 12.2 Å². The lowest BCUT2D eigenvalue weighted by Crippen LogP contribution is -2.54. The zero-order valence-electron chi connectivity index (χ0n) is 25.3. The Kier molecular flexibility index (Phi) is 9.45. The van der Waals surface area contributed by atoms with Crippen molar-refractivity contribution in [2.24, 2.45) is 0 Å². The number of carbonyl (C=O) groups excluding carboxylic acids is 2. The number of aryl methyl sites for hydroxylation is 2. The van der Waals surface area contributed by atoms with Gasteiger partial charge in [-0.1, -0.05) is 26.0 Å². The first-order valence-corrected chi connectivity index (χ1v) is 15.1. The van der Waals surface area contributed by atoms with Crippen molar-refractivity contribution in [1.29, 1.82) is 0 Å². The Labute approximate surface area is 256 Å². The average Bonchev–Trinajstić information content (AvgIpc) is 3.00. The molecule has 2 aromatic rings. The third-order valence-corrected chi connectivity index (χ3v) is 9.16. The van der Waals surface area contributed by atoms with Crippen LogP contribution < -0.4 is 9.80 Å². The van der Waals surface area contributed by atoms with Gasteiger partial charge in [0.15, 0.2) is 0 Å². The summed E-state index contributed by atoms with van der Waals surface area (Å²) < 4.78 is 11.8. The molecule has 3 heterocycles. The molecule has 0 saturated carbocycles. The fourth-order valence-corrected chi connectivity index (χ4v) is 6.47. The van der Waals surface area contributed by atoms with Gasteiger partial charge in [0.2, 0.25) is 11.8 Å². The molecule has 0 bridgehead atoms. The molecule has 2 aromatic carbocycles. The highest BCUT2D eigenvalue weighted by Gasteiger charge is 2.45. The highest BCUT2D eigenvalue weighted by atomic mass is 16.5. The normalized spacial score (nSPS) is 34.9. The molecule has 44 heavy (non-hydrogen) atoms. The second kappa shape index (κ2) is 12.8. The van der Waals surface area contributed by atoms with Crippen molar-refractivity contribution in [1.82, 2.24) is 0 Å². The van der Waals surface area contributed by atoms with Crippen molar-refractivity contribution in [2.45, 2.75) is 102 Å². The van der Waals surface area contributed by atoms with E-state index in [1.807, 2.05) is 13.8 Å². The second-order valence-electron chi connectivity index (χ2n) is 12.0. The molecule has 240 valence electrons. The largest absolute Gasteiger partial charge is 0.388 e. The quantitative estimate of drug-likeness (QED) is 0.269. The molecule has 10 atom stereocenters. The van der Waals surface area contributed by atoms with Gasteiger partial charge in [-0.3, -0.25) is 9.59 Å². The highest BCUT2D eigenvalue weighted by Crippen LogP contribution is 2.38. The first-order chi connectivity index (χ1) is 20.9. The van der Waals surface area contributed by atoms with Crippen molar-refractivity contribution < 1.29 is 49.7 Å². The smallest absolute Gasteiger partial charge is 0.247 e. The number of hydrogen-bond donors (Lipinski definition) is 6. The standard InChI is InChI=1S/C32H42N2O10/c1-5-21-25(37)27(39)29(41)31(43-21)19-9-7-17(11-15(19)3)33-13-24(36)34(14-23(33)35)18-8-10-20(16(4)12-18)32-30(42)28(40)26(38)22(6-2)44-32/h7-12,21-22,25-32,37-42H,5-6,13-14H2,1-4H3. The summed E-state index contributed by atoms with van der Waals surface area (Å²) in [5.41, 5.74) is 3.60. The molecule has 3 fully saturated rings. The monoisotopic (exact) mass is 614 g/mol. The van der Waals surface area contributed by atoms with E-state index in [9.17, 15) is 40.2 Å². The van der Waals surface area contributed by atoms with E-state index in [1.165, 1.54) is 9.80 Å². The predicted octanol–water partition coefficient (Wildman–Crippen LogP) is 0.548. The van der Waals surface area contributed by atoms with Crippen LogP contribution in [0.4, 0.5) is 11.4 Å². The van der Waals surface area contributed by atoms with Crippen molar-refractivity contribution >= 4 is 23.2 Å². The summed E-state index contributed by atoms with van der Waals surface area (Å²) >= 11 is 0. The third-order valence-electron chi connectivity index (χ3n) is 9.16. The summed E-state index contributed by atoms with van der Waals surface area (Å²) in [7, 11) is 0. The van der Waals surface area contributed by atoms with E-state index in [2.05, 4.69) is 0 Å². The van der Waals surface area contributed by atoms with E-state index >= 15 is 0 Å². The zero-order valence-corrected chi connectivity index (χ0v) is 25.3. The Hall–Kier alpha value is -2.94. The van der Waals surface area contributed by atoms with Gasteiger partial charge in [-0.2, -0.15) is 0 Å². The molecule has 10 unspecified atom stereocenters. The molecule has 3 aliphatic heterocycles. The molecule has 0 spiro atoms. The number of nitrogens with zero attached hydrogens (tertiary/aromatic N) is 2. The van der Waals surface area contributed by atoms with Gasteiger partial charge in [0.1, 0.15) is 61.9 Å². The fraction of sp³-hybridized carbons (Fsp3) is 0.562. The summed E-state index contributed by atoms with van der Waals surface area (Å²) in [6.07, 6.45) is -9.93. The molecule has 3 saturated heterocycles. The minimum atomic E-state index is -1.37. The Morgan fingerprint density at radius 3 is 1.30 bits per heavy atom. The first kappa shape index (κ1) is 32.5. The molecule has 3 aliphatic rings. The van der Waals surface area contributed by atoms with Gasteiger partial charge in [-0.25, -0.2) is 0 Å². The maximum absolute atomic E-state index is 13.3. The van der Waals surface area contributed by atoms with Gasteiger partial charge in [0.25, 0.3) is 0 Å². The summed E-state index contributed by atoms with van der Waals surface area (Å²) in [4.78, 5) is 29.4. The van der Waals surface area contributed by atoms with Crippen LogP contribution in [0.3, 0.4) is 0 Å². The molecule has 0 radical (unpaired) electrons. The zero-order chi connectivity index (χ0) is 32.0. The van der Waals surface area contributed by atoms with E-state index in [0.29, 0.717) is 46.5 Å². The number of amides is 2. The predicted molar refractivity (Wildman–Crippen MR) is 159 cm³/mol. The van der Waals surface area contributed by atoms with Crippen LogP contribution in [-0.2, 0) is 19.1 Å². The molecule has 2 amide bonds. The summed E-state index contributed by atoms with van der Waals surface area (Å²) in [6.45, 7) is 6.81. The molecule has 5 rings (SSSR count). The van der Waals surface area contributed by atoms with Crippen LogP contribution in [0.5, 0.6) is 0 Å². The van der Waals surface area contributed by atoms with Crippen molar-refractivity contribution in [3.05, 3.63) is 58.7 Å². The lowest BCUT2D eigenvalue weighted by atomic mass is 9.88. The van der Waals surface area contributed by atoms with E-state index < -0.39 is 61.0 Å². The van der Waals surface area contributed by atoms with E-state index in [-0.39, 0.29) is 24.9 Å². The number of aliphatic hydroxyl groups excluding tert-OH is 6. The molecular weight excluding hydrogens is 572 g/mol. The van der Waals surface area contributed by atoms with Crippen LogP contribution in [0.2, 0.25) is 0 Å². The Morgan fingerprint density at radius 2 is 0.977 bits per heavy atom. The number of aliphatic hydroxyl groups is 6. The van der Waals surface area contributed by atoms with Gasteiger partial charge in [-0.15, -0.1) is 0 Å². The first-order valence-electron chi connectivity index (χ1n) is 15.1. The van der Waals surface area contributed by atoms with Gasteiger partial charge >= 0.3 is 0 Å². The van der Waals surface area contributed by atoms with Crippen LogP contribution in [0, 0.1) is 13.8 Å². The maximum Gasteiger partial charge on any atom is 0.247 e. The van der Waals surface area contributed by atoms with Gasteiger partial charge < -0.3 is 49.9 Å². The van der Waals surface area contributed by atoms with Crippen LogP contribution in [0.1, 0.15) is 61.2 Å². The number of benzene rings is 2. The number of carbonyl (C=O) groups is 2. The number of hydrogen-bond acceptors (Lipinski definition) is 10. The van der Waals surface area contributed by atoms with Crippen LogP contribution >= 0.6 is 0 Å². The SMILES string of the molecule is CCC1OC(c2ccc(N3CC(=O)N(c4ccc(C5OC(CC)C(O)C(O)C5O)c(C)c4)CC3=O)cc2C)C(O)C(O)C1O. The van der Waals surface area contributed by atoms with Gasteiger partial charge in [-0.05, 0) is 73.2 Å². The van der Waals surface area contributed by atoms with Gasteiger partial charge in [0, 0.05) is 11.4 Å². The molecule has 0 aliphatic carbocycles. The number of rotatable bonds is 6. The minimum Gasteiger partial charge on any atom is -0.388 e. The van der Waals surface area contributed by atoms with Crippen molar-refractivity contribution in [3.63, 3.8) is 0 Å². The summed E-state index contributed by atoms with van der Waals surface area (Å²) in [5, 5.41) is 62.3. The average molecular weight is 615 g/mol. The Bertz CT molecular complexity index is 1280. The lowest BCUT2D eigenvalue weighted by Gasteiger charge is -2.41. The third kappa shape index (κ3) is 5.77. The van der Waals surface area contributed by atoms with E-state index in [4.69, 9.17) is 9.47 Å². The Morgan fingerprint density at radius 1 is 0.614 bits per heavy atom. The second-order valence-corrected chi connectivity index (χ2v) is 12.0. The van der Waals surface area contributed by atoms with Crippen molar-refractivity contribution in [3.8, 4) is 0 Å².